The second kappa shape index (κ2) is 19.3. The maximum Gasteiger partial charge on any atom is 1.00 e. The Morgan fingerprint density at radius 3 is 1.47 bits per heavy atom. The van der Waals surface area contributed by atoms with Crippen molar-refractivity contribution < 1.29 is 73.9 Å². The molecule has 4 heterocycles. The Balaban J connectivity index is 0.000000221. The number of thiophene rings is 2. The van der Waals surface area contributed by atoms with E-state index in [0.29, 0.717) is 54.2 Å². The van der Waals surface area contributed by atoms with Gasteiger partial charge < -0.3 is 25.1 Å². The number of amides is 2. The fourth-order valence-electron chi connectivity index (χ4n) is 6.79. The molecule has 0 unspecified atom stereocenters. The van der Waals surface area contributed by atoms with Crippen molar-refractivity contribution in [2.45, 2.75) is 19.8 Å². The fourth-order valence-corrected chi connectivity index (χ4v) is 9.01. The van der Waals surface area contributed by atoms with Gasteiger partial charge in [0.05, 0.1) is 27.8 Å². The third-order valence-electron chi connectivity index (χ3n) is 9.53. The quantitative estimate of drug-likeness (QED) is 0.0881. The summed E-state index contributed by atoms with van der Waals surface area (Å²) in [5.74, 6) is -1.78. The van der Waals surface area contributed by atoms with Crippen LogP contribution in [0, 0.1) is 20.2 Å². The van der Waals surface area contributed by atoms with E-state index < -0.39 is 15.8 Å². The third-order valence-corrected chi connectivity index (χ3v) is 11.9. The molecule has 0 radical (unpaired) electrons. The number of aromatic carboxylic acids is 1. The molecule has 2 aliphatic heterocycles. The van der Waals surface area contributed by atoms with Gasteiger partial charge in [-0.1, -0.05) is 36.4 Å². The molecule has 18 heteroatoms. The molecule has 0 bridgehead atoms. The van der Waals surface area contributed by atoms with Crippen molar-refractivity contribution in [1.82, 2.24) is 0 Å². The van der Waals surface area contributed by atoms with Crippen LogP contribution in [0.1, 0.15) is 58.1 Å². The van der Waals surface area contributed by atoms with Crippen molar-refractivity contribution >= 4 is 69.2 Å². The Kier molecular flexibility index (Phi) is 14.5. The molecule has 0 saturated carbocycles. The Labute approximate surface area is 372 Å². The normalized spacial score (nSPS) is 12.2. The number of esters is 1. The van der Waals surface area contributed by atoms with Gasteiger partial charge in [-0.3, -0.25) is 29.8 Å². The number of non-ortho nitro benzene ring substituents is 2. The minimum Gasteiger partial charge on any atom is -0.870 e. The summed E-state index contributed by atoms with van der Waals surface area (Å²) in [6, 6.07) is 29.6. The van der Waals surface area contributed by atoms with E-state index in [1.165, 1.54) is 71.2 Å². The number of ether oxygens (including phenoxy) is 1. The summed E-state index contributed by atoms with van der Waals surface area (Å²) in [6.45, 7) is 2.90. The van der Waals surface area contributed by atoms with E-state index in [-0.39, 0.29) is 69.1 Å². The maximum atomic E-state index is 13.2. The number of nitrogens with zero attached hydrogens (tertiary/aromatic N) is 4. The number of carbonyl (C=O) groups excluding carboxylic acids is 3. The van der Waals surface area contributed by atoms with Crippen LogP contribution in [0.3, 0.4) is 0 Å². The molecule has 0 atom stereocenters. The number of rotatable bonds is 7. The Morgan fingerprint density at radius 2 is 1.07 bits per heavy atom. The van der Waals surface area contributed by atoms with Crippen LogP contribution in [-0.2, 0) is 17.6 Å². The van der Waals surface area contributed by atoms with E-state index in [0.717, 1.165) is 37.7 Å². The smallest absolute Gasteiger partial charge is 0.870 e. The van der Waals surface area contributed by atoms with Gasteiger partial charge in [-0.05, 0) is 79.4 Å². The first kappa shape index (κ1) is 45.0. The average Bonchev–Trinajstić information content (AvgIpc) is 3.79. The van der Waals surface area contributed by atoms with Gasteiger partial charge in [-0.25, -0.2) is 9.59 Å². The maximum absolute atomic E-state index is 13.2. The zero-order chi connectivity index (χ0) is 41.1. The Hall–Kier alpha value is -6.08. The van der Waals surface area contributed by atoms with E-state index in [9.17, 15) is 44.5 Å². The molecule has 0 aliphatic carbocycles. The molecule has 2 aliphatic rings. The SMILES string of the molecule is CCOC(=O)c1cc2c(s1)-c1ccccc1N(C(=O)c1ccc([N+](=O)[O-])cc1)CC2.O=C(O)c1cc2c(s1)-c1ccccc1N(C(=O)c1ccc([N+](=O)[O-])cc1)CC2.[Na+].[OH-]. The third kappa shape index (κ3) is 9.21. The number of benzene rings is 4. The molecule has 60 heavy (non-hydrogen) atoms. The zero-order valence-electron chi connectivity index (χ0n) is 32.1. The number of nitro groups is 2. The summed E-state index contributed by atoms with van der Waals surface area (Å²) in [5, 5.41) is 31.0. The standard InChI is InChI=1S/C22H18N2O5S.C20H14N2O5S.Na.H2O/c1-2-29-22(26)19-13-15-11-12-23(18-6-4-3-5-17(18)20(15)30-19)21(25)14-7-9-16(10-8-14)24(27)28;23-19(12-5-7-14(8-6-12)22(26)27)21-10-9-13-11-17(20(24)25)28-18(13)15-3-1-2-4-16(15)21;;/h3-10,13H,2,11-12H2,1H3;1-8,11H,9-10H2,(H,24,25);;1H2/q;;+1;/p-1. The summed E-state index contributed by atoms with van der Waals surface area (Å²) in [7, 11) is 0. The summed E-state index contributed by atoms with van der Waals surface area (Å²) in [5.41, 5.74) is 5.63. The van der Waals surface area contributed by atoms with Crippen LogP contribution in [-0.4, -0.2) is 63.9 Å². The summed E-state index contributed by atoms with van der Waals surface area (Å²) >= 11 is 2.57. The van der Waals surface area contributed by atoms with Crippen LogP contribution in [0.4, 0.5) is 22.7 Å². The first-order valence-electron chi connectivity index (χ1n) is 17.9. The van der Waals surface area contributed by atoms with Gasteiger partial charge in [-0.2, -0.15) is 0 Å². The predicted octanol–water partition coefficient (Wildman–Crippen LogP) is 5.75. The van der Waals surface area contributed by atoms with Crippen LogP contribution in [0.15, 0.2) is 109 Å². The van der Waals surface area contributed by atoms with E-state index in [2.05, 4.69) is 0 Å². The second-order valence-electron chi connectivity index (χ2n) is 13.0. The van der Waals surface area contributed by atoms with E-state index in [1.807, 2.05) is 54.6 Å². The van der Waals surface area contributed by atoms with E-state index >= 15 is 0 Å². The van der Waals surface area contributed by atoms with Gasteiger partial charge in [0, 0.05) is 69.4 Å². The van der Waals surface area contributed by atoms with Crippen molar-refractivity contribution in [3.63, 3.8) is 0 Å². The van der Waals surface area contributed by atoms with Gasteiger partial charge in [-0.15, -0.1) is 22.7 Å². The van der Waals surface area contributed by atoms with Crippen molar-refractivity contribution in [3.8, 4) is 20.9 Å². The van der Waals surface area contributed by atoms with Crippen molar-refractivity contribution in [3.05, 3.63) is 161 Å². The Morgan fingerprint density at radius 1 is 0.667 bits per heavy atom. The second-order valence-corrected chi connectivity index (χ2v) is 15.1. The molecule has 15 nitrogen and oxygen atoms in total. The van der Waals surface area contributed by atoms with Crippen LogP contribution in [0.25, 0.3) is 20.9 Å². The molecule has 300 valence electrons. The molecule has 0 spiro atoms. The number of carboxylic acids is 1. The molecule has 2 aromatic heterocycles. The minimum atomic E-state index is -0.964. The number of anilines is 2. The number of para-hydroxylation sites is 2. The number of fused-ring (bicyclic) bond motifs is 6. The predicted molar refractivity (Wildman–Crippen MR) is 221 cm³/mol. The van der Waals surface area contributed by atoms with Gasteiger partial charge in [0.15, 0.2) is 0 Å². The van der Waals surface area contributed by atoms with Gasteiger partial charge >= 0.3 is 41.5 Å². The molecule has 2 N–H and O–H groups in total. The first-order valence-corrected chi connectivity index (χ1v) is 19.6. The van der Waals surface area contributed by atoms with Crippen molar-refractivity contribution in [1.29, 1.82) is 0 Å². The summed E-state index contributed by atoms with van der Waals surface area (Å²) in [6.07, 6.45) is 1.10. The minimum absolute atomic E-state index is 0. The molecule has 6 aromatic rings. The fraction of sp³-hybridized carbons (Fsp3) is 0.143. The molecule has 4 aromatic carbocycles. The van der Waals surface area contributed by atoms with E-state index in [4.69, 9.17) is 4.74 Å². The van der Waals surface area contributed by atoms with Crippen LogP contribution in [0.2, 0.25) is 0 Å². The van der Waals surface area contributed by atoms with Gasteiger partial charge in [0.1, 0.15) is 9.75 Å². The van der Waals surface area contributed by atoms with E-state index in [1.54, 1.807) is 22.8 Å². The monoisotopic (exact) mass is 856 g/mol. The summed E-state index contributed by atoms with van der Waals surface area (Å²) in [4.78, 5) is 76.5. The number of carboxylic acid groups (broad SMARTS) is 1. The van der Waals surface area contributed by atoms with Gasteiger partial charge in [0.25, 0.3) is 23.2 Å². The molecule has 0 saturated heterocycles. The first-order chi connectivity index (χ1) is 27.9. The molecule has 2 amide bonds. The number of nitro benzene ring substituents is 2. The molecule has 8 rings (SSSR count). The number of carbonyl (C=O) groups is 4. The van der Waals surface area contributed by atoms with Gasteiger partial charge in [0.2, 0.25) is 0 Å². The topological polar surface area (TPSA) is 220 Å². The molecular formula is C42H33N4NaO11S2. The van der Waals surface area contributed by atoms with Crippen LogP contribution < -0.4 is 39.4 Å². The molecular weight excluding hydrogens is 824 g/mol. The largest absolute Gasteiger partial charge is 1.00 e. The van der Waals surface area contributed by atoms with Crippen molar-refractivity contribution in [2.75, 3.05) is 29.5 Å². The zero-order valence-corrected chi connectivity index (χ0v) is 35.7. The van der Waals surface area contributed by atoms with Crippen molar-refractivity contribution in [2.24, 2.45) is 0 Å². The number of hydrogen-bond donors (Lipinski definition) is 1. The number of hydrogen-bond acceptors (Lipinski definition) is 12. The Bertz CT molecular complexity index is 2610. The molecule has 0 fully saturated rings. The summed E-state index contributed by atoms with van der Waals surface area (Å²) < 4.78 is 5.13. The average molecular weight is 857 g/mol. The van der Waals surface area contributed by atoms with Crippen LogP contribution >= 0.6 is 22.7 Å². The van der Waals surface area contributed by atoms with Crippen LogP contribution in [0.5, 0.6) is 0 Å².